The van der Waals surface area contributed by atoms with Crippen LogP contribution in [-0.2, 0) is 0 Å². The Hall–Kier alpha value is -2.41. The molecule has 0 heterocycles. The zero-order valence-corrected chi connectivity index (χ0v) is 12.6. The Balaban J connectivity index is 2.33. The molecular formula is C14H11BrN2O4. The standard InChI is InChI=1S/C14H11BrN2O4/c1-21-12-4-2-11(3-5-12)16-8-9-6-10(15)7-13(14(9)18)17(19)20/h2-8,18H,1H3. The van der Waals surface area contributed by atoms with E-state index in [1.54, 1.807) is 37.4 Å². The Morgan fingerprint density at radius 1 is 1.33 bits per heavy atom. The number of rotatable bonds is 4. The number of methoxy groups -OCH3 is 1. The Labute approximate surface area is 129 Å². The molecule has 0 aliphatic carbocycles. The number of hydrogen-bond donors (Lipinski definition) is 1. The van der Waals surface area contributed by atoms with Crippen LogP contribution in [0.3, 0.4) is 0 Å². The Kier molecular flexibility index (Phi) is 4.54. The van der Waals surface area contributed by atoms with E-state index in [0.29, 0.717) is 15.9 Å². The Bertz CT molecular complexity index is 699. The first kappa shape index (κ1) is 15.0. The summed E-state index contributed by atoms with van der Waals surface area (Å²) in [5, 5.41) is 20.7. The van der Waals surface area contributed by atoms with Crippen molar-refractivity contribution in [2.24, 2.45) is 4.99 Å². The Morgan fingerprint density at radius 2 is 2.00 bits per heavy atom. The third-order valence-electron chi connectivity index (χ3n) is 2.71. The molecule has 2 aromatic rings. The molecule has 0 spiro atoms. The van der Waals surface area contributed by atoms with Gasteiger partial charge in [-0.25, -0.2) is 0 Å². The van der Waals surface area contributed by atoms with Gasteiger partial charge in [0, 0.05) is 22.3 Å². The molecule has 0 aromatic heterocycles. The van der Waals surface area contributed by atoms with E-state index in [1.807, 2.05) is 0 Å². The molecule has 0 amide bonds. The molecule has 0 saturated carbocycles. The number of halogens is 1. The lowest BCUT2D eigenvalue weighted by molar-refractivity contribution is -0.385. The molecule has 2 rings (SSSR count). The lowest BCUT2D eigenvalue weighted by Crippen LogP contribution is -1.92. The second-order valence-corrected chi connectivity index (χ2v) is 4.99. The first-order valence-electron chi connectivity index (χ1n) is 5.86. The van der Waals surface area contributed by atoms with Gasteiger partial charge in [0.15, 0.2) is 0 Å². The molecule has 0 atom stereocenters. The number of benzene rings is 2. The maximum atomic E-state index is 10.8. The fourth-order valence-corrected chi connectivity index (χ4v) is 2.12. The van der Waals surface area contributed by atoms with Crippen molar-refractivity contribution >= 4 is 33.5 Å². The van der Waals surface area contributed by atoms with Gasteiger partial charge in [-0.15, -0.1) is 0 Å². The van der Waals surface area contributed by atoms with E-state index in [4.69, 9.17) is 4.74 Å². The smallest absolute Gasteiger partial charge is 0.312 e. The molecule has 6 nitrogen and oxygen atoms in total. The summed E-state index contributed by atoms with van der Waals surface area (Å²) in [5.74, 6) is 0.287. The van der Waals surface area contributed by atoms with Crippen molar-refractivity contribution < 1.29 is 14.8 Å². The van der Waals surface area contributed by atoms with Crippen LogP contribution in [0.4, 0.5) is 11.4 Å². The minimum atomic E-state index is -0.648. The van der Waals surface area contributed by atoms with E-state index >= 15 is 0 Å². The highest BCUT2D eigenvalue weighted by molar-refractivity contribution is 9.10. The number of phenolic OH excluding ortho intramolecular Hbond substituents is 1. The van der Waals surface area contributed by atoms with E-state index in [0.717, 1.165) is 0 Å². The van der Waals surface area contributed by atoms with Crippen molar-refractivity contribution in [3.8, 4) is 11.5 Å². The maximum absolute atomic E-state index is 10.8. The van der Waals surface area contributed by atoms with E-state index in [1.165, 1.54) is 12.3 Å². The third-order valence-corrected chi connectivity index (χ3v) is 3.16. The van der Waals surface area contributed by atoms with Crippen molar-refractivity contribution in [3.63, 3.8) is 0 Å². The van der Waals surface area contributed by atoms with Crippen LogP contribution in [0.25, 0.3) is 0 Å². The van der Waals surface area contributed by atoms with Gasteiger partial charge in [-0.05, 0) is 30.3 Å². The molecule has 0 aliphatic heterocycles. The fourth-order valence-electron chi connectivity index (χ4n) is 1.66. The second-order valence-electron chi connectivity index (χ2n) is 4.08. The molecular weight excluding hydrogens is 340 g/mol. The summed E-state index contributed by atoms with van der Waals surface area (Å²) in [4.78, 5) is 14.4. The average Bonchev–Trinajstić information content (AvgIpc) is 2.48. The van der Waals surface area contributed by atoms with Crippen LogP contribution in [0, 0.1) is 10.1 Å². The minimum Gasteiger partial charge on any atom is -0.502 e. The van der Waals surface area contributed by atoms with Crippen molar-refractivity contribution in [2.45, 2.75) is 0 Å². The number of phenols is 1. The molecule has 0 bridgehead atoms. The topological polar surface area (TPSA) is 85.0 Å². The van der Waals surface area contributed by atoms with Crippen LogP contribution in [0.5, 0.6) is 11.5 Å². The first-order chi connectivity index (χ1) is 10.0. The number of nitrogens with zero attached hydrogens (tertiary/aromatic N) is 2. The van der Waals surface area contributed by atoms with Crippen LogP contribution >= 0.6 is 15.9 Å². The lowest BCUT2D eigenvalue weighted by Gasteiger charge is -2.02. The van der Waals surface area contributed by atoms with Gasteiger partial charge in [0.05, 0.1) is 17.7 Å². The molecule has 0 fully saturated rings. The second kappa shape index (κ2) is 6.36. The molecule has 1 N–H and O–H groups in total. The summed E-state index contributed by atoms with van der Waals surface area (Å²) in [6.45, 7) is 0. The molecule has 0 aliphatic rings. The van der Waals surface area contributed by atoms with E-state index in [2.05, 4.69) is 20.9 Å². The molecule has 2 aromatic carbocycles. The van der Waals surface area contributed by atoms with Crippen LogP contribution in [0.15, 0.2) is 45.9 Å². The van der Waals surface area contributed by atoms with Gasteiger partial charge in [-0.1, -0.05) is 15.9 Å². The molecule has 108 valence electrons. The molecule has 0 unspecified atom stereocenters. The van der Waals surface area contributed by atoms with Crippen molar-refractivity contribution in [1.82, 2.24) is 0 Å². The number of aromatic hydroxyl groups is 1. The third kappa shape index (κ3) is 3.57. The first-order valence-corrected chi connectivity index (χ1v) is 6.65. The van der Waals surface area contributed by atoms with Gasteiger partial charge in [0.1, 0.15) is 5.75 Å². The van der Waals surface area contributed by atoms with Crippen LogP contribution in [-0.4, -0.2) is 23.4 Å². The predicted octanol–water partition coefficient (Wildman–Crippen LogP) is 3.82. The summed E-state index contributed by atoms with van der Waals surface area (Å²) in [5.41, 5.74) is 0.519. The van der Waals surface area contributed by atoms with Crippen molar-refractivity contribution in [1.29, 1.82) is 0 Å². The number of nitro groups is 1. The van der Waals surface area contributed by atoms with Gasteiger partial charge in [0.25, 0.3) is 0 Å². The summed E-state index contributed by atoms with van der Waals surface area (Å²) < 4.78 is 5.52. The van der Waals surface area contributed by atoms with Gasteiger partial charge < -0.3 is 9.84 Å². The largest absolute Gasteiger partial charge is 0.502 e. The van der Waals surface area contributed by atoms with E-state index < -0.39 is 10.7 Å². The monoisotopic (exact) mass is 350 g/mol. The van der Waals surface area contributed by atoms with Crippen LogP contribution < -0.4 is 4.74 Å². The highest BCUT2D eigenvalue weighted by atomic mass is 79.9. The highest BCUT2D eigenvalue weighted by Crippen LogP contribution is 2.32. The summed E-state index contributed by atoms with van der Waals surface area (Å²) in [6.07, 6.45) is 1.37. The number of ether oxygens (including phenoxy) is 1. The molecule has 21 heavy (non-hydrogen) atoms. The predicted molar refractivity (Wildman–Crippen MR) is 82.7 cm³/mol. The zero-order chi connectivity index (χ0) is 15.4. The zero-order valence-electron chi connectivity index (χ0n) is 11.0. The summed E-state index contributed by atoms with van der Waals surface area (Å²) in [6, 6.07) is 9.75. The quantitative estimate of drug-likeness (QED) is 0.515. The lowest BCUT2D eigenvalue weighted by atomic mass is 10.2. The SMILES string of the molecule is COc1ccc(N=Cc2cc(Br)cc([N+](=O)[O-])c2O)cc1. The van der Waals surface area contributed by atoms with Gasteiger partial charge in [-0.3, -0.25) is 15.1 Å². The van der Waals surface area contributed by atoms with E-state index in [-0.39, 0.29) is 11.3 Å². The number of aliphatic imine (C=N–C) groups is 1. The highest BCUT2D eigenvalue weighted by Gasteiger charge is 2.17. The average molecular weight is 351 g/mol. The fraction of sp³-hybridized carbons (Fsp3) is 0.0714. The molecule has 0 radical (unpaired) electrons. The van der Waals surface area contributed by atoms with Gasteiger partial charge in [-0.2, -0.15) is 0 Å². The van der Waals surface area contributed by atoms with Crippen LogP contribution in [0.1, 0.15) is 5.56 Å². The Morgan fingerprint density at radius 3 is 2.57 bits per heavy atom. The maximum Gasteiger partial charge on any atom is 0.312 e. The minimum absolute atomic E-state index is 0.256. The van der Waals surface area contributed by atoms with Crippen molar-refractivity contribution in [2.75, 3.05) is 7.11 Å². The van der Waals surface area contributed by atoms with Crippen molar-refractivity contribution in [3.05, 3.63) is 56.5 Å². The summed E-state index contributed by atoms with van der Waals surface area (Å²) in [7, 11) is 1.57. The normalized spacial score (nSPS) is 10.8. The molecule has 0 saturated heterocycles. The van der Waals surface area contributed by atoms with Crippen LogP contribution in [0.2, 0.25) is 0 Å². The number of nitro benzene ring substituents is 1. The van der Waals surface area contributed by atoms with Gasteiger partial charge >= 0.3 is 5.69 Å². The van der Waals surface area contributed by atoms with Gasteiger partial charge in [0.2, 0.25) is 5.75 Å². The number of hydrogen-bond acceptors (Lipinski definition) is 5. The summed E-state index contributed by atoms with van der Waals surface area (Å²) >= 11 is 3.17. The van der Waals surface area contributed by atoms with E-state index in [9.17, 15) is 15.2 Å². The molecule has 7 heteroatoms.